The van der Waals surface area contributed by atoms with Gasteiger partial charge in [0, 0.05) is 11.9 Å². The molecule has 2 aromatic rings. The molecule has 0 amide bonds. The molecule has 23 heavy (non-hydrogen) atoms. The fraction of sp³-hybridized carbons (Fsp3) is 0.500. The summed E-state index contributed by atoms with van der Waals surface area (Å²) in [5.74, 6) is 1.86. The first-order valence-corrected chi connectivity index (χ1v) is 8.73. The highest BCUT2D eigenvalue weighted by atomic mass is 16.5. The lowest BCUT2D eigenvalue weighted by Crippen LogP contribution is -2.34. The molecule has 3 rings (SSSR count). The molecule has 0 saturated carbocycles. The molecule has 0 aliphatic carbocycles. The maximum atomic E-state index is 5.50. The average molecular weight is 312 g/mol. The predicted molar refractivity (Wildman–Crippen MR) is 97.0 cm³/mol. The molecule has 1 saturated heterocycles. The molecule has 0 unspecified atom stereocenters. The molecule has 1 aliphatic heterocycles. The standard InChI is InChI=1S/C20H28N2O/c1-21-12-9-16-10-13-22(14-11-16)15-17-7-8-20(23-2)19-6-4-3-5-18(17)19/h3-8,16,21H,9-15H2,1-2H3. The Morgan fingerprint density at radius 2 is 1.83 bits per heavy atom. The Bertz CT molecular complexity index is 633. The summed E-state index contributed by atoms with van der Waals surface area (Å²) in [5.41, 5.74) is 1.41. The summed E-state index contributed by atoms with van der Waals surface area (Å²) in [6.07, 6.45) is 3.97. The van der Waals surface area contributed by atoms with Crippen molar-refractivity contribution in [2.24, 2.45) is 5.92 Å². The smallest absolute Gasteiger partial charge is 0.126 e. The molecule has 0 bridgehead atoms. The number of hydrogen-bond donors (Lipinski definition) is 1. The van der Waals surface area contributed by atoms with Crippen LogP contribution in [-0.4, -0.2) is 38.7 Å². The molecule has 1 heterocycles. The molecule has 1 fully saturated rings. The Balaban J connectivity index is 1.68. The second-order valence-corrected chi connectivity index (χ2v) is 6.58. The van der Waals surface area contributed by atoms with E-state index in [-0.39, 0.29) is 0 Å². The fourth-order valence-electron chi connectivity index (χ4n) is 3.67. The van der Waals surface area contributed by atoms with Gasteiger partial charge in [0.1, 0.15) is 5.75 Å². The summed E-state index contributed by atoms with van der Waals surface area (Å²) in [6.45, 7) is 4.63. The molecular formula is C20H28N2O. The van der Waals surface area contributed by atoms with Crippen LogP contribution in [0.3, 0.4) is 0 Å². The van der Waals surface area contributed by atoms with Crippen molar-refractivity contribution in [2.75, 3.05) is 33.8 Å². The summed E-state index contributed by atoms with van der Waals surface area (Å²) < 4.78 is 5.50. The summed E-state index contributed by atoms with van der Waals surface area (Å²) in [6, 6.07) is 12.9. The highest BCUT2D eigenvalue weighted by Gasteiger charge is 2.19. The first-order chi connectivity index (χ1) is 11.3. The number of hydrogen-bond acceptors (Lipinski definition) is 3. The summed E-state index contributed by atoms with van der Waals surface area (Å²) in [4.78, 5) is 2.60. The average Bonchev–Trinajstić information content (AvgIpc) is 2.61. The maximum absolute atomic E-state index is 5.50. The minimum absolute atomic E-state index is 0.895. The van der Waals surface area contributed by atoms with Crippen LogP contribution in [-0.2, 0) is 6.54 Å². The highest BCUT2D eigenvalue weighted by Crippen LogP contribution is 2.30. The van der Waals surface area contributed by atoms with Crippen LogP contribution < -0.4 is 10.1 Å². The number of methoxy groups -OCH3 is 1. The quantitative estimate of drug-likeness (QED) is 0.881. The molecule has 3 nitrogen and oxygen atoms in total. The normalized spacial score (nSPS) is 16.8. The minimum atomic E-state index is 0.895. The van der Waals surface area contributed by atoms with Crippen molar-refractivity contribution in [3.8, 4) is 5.75 Å². The van der Waals surface area contributed by atoms with Crippen LogP contribution in [0, 0.1) is 5.92 Å². The van der Waals surface area contributed by atoms with Gasteiger partial charge in [0.05, 0.1) is 7.11 Å². The van der Waals surface area contributed by atoms with Crippen LogP contribution in [0.2, 0.25) is 0 Å². The van der Waals surface area contributed by atoms with E-state index >= 15 is 0 Å². The summed E-state index contributed by atoms with van der Waals surface area (Å²) in [5, 5.41) is 5.81. The van der Waals surface area contributed by atoms with Crippen LogP contribution in [0.4, 0.5) is 0 Å². The first kappa shape index (κ1) is 16.3. The van der Waals surface area contributed by atoms with Crippen molar-refractivity contribution in [3.05, 3.63) is 42.0 Å². The van der Waals surface area contributed by atoms with Crippen molar-refractivity contribution in [2.45, 2.75) is 25.8 Å². The number of fused-ring (bicyclic) bond motifs is 1. The van der Waals surface area contributed by atoms with E-state index in [0.717, 1.165) is 24.8 Å². The topological polar surface area (TPSA) is 24.5 Å². The number of nitrogens with zero attached hydrogens (tertiary/aromatic N) is 1. The Morgan fingerprint density at radius 1 is 1.09 bits per heavy atom. The Labute approximate surface area is 139 Å². The number of nitrogens with one attached hydrogen (secondary N) is 1. The minimum Gasteiger partial charge on any atom is -0.496 e. The van der Waals surface area contributed by atoms with Gasteiger partial charge in [-0.1, -0.05) is 30.3 Å². The van der Waals surface area contributed by atoms with E-state index in [1.54, 1.807) is 7.11 Å². The van der Waals surface area contributed by atoms with E-state index in [1.807, 2.05) is 7.05 Å². The van der Waals surface area contributed by atoms with Gasteiger partial charge in [0.2, 0.25) is 0 Å². The third-order valence-electron chi connectivity index (χ3n) is 5.10. The molecule has 0 atom stereocenters. The molecule has 3 heteroatoms. The van der Waals surface area contributed by atoms with Gasteiger partial charge in [-0.2, -0.15) is 0 Å². The predicted octanol–water partition coefficient (Wildman–Crippen LogP) is 3.67. The van der Waals surface area contributed by atoms with Gasteiger partial charge >= 0.3 is 0 Å². The Kier molecular flexibility index (Phi) is 5.52. The molecule has 2 aromatic carbocycles. The molecule has 0 aromatic heterocycles. The third kappa shape index (κ3) is 3.85. The third-order valence-corrected chi connectivity index (χ3v) is 5.10. The lowest BCUT2D eigenvalue weighted by atomic mass is 9.93. The van der Waals surface area contributed by atoms with Crippen molar-refractivity contribution in [3.63, 3.8) is 0 Å². The lowest BCUT2D eigenvalue weighted by Gasteiger charge is -2.32. The van der Waals surface area contributed by atoms with Crippen LogP contribution in [0.1, 0.15) is 24.8 Å². The van der Waals surface area contributed by atoms with Crippen LogP contribution in [0.25, 0.3) is 10.8 Å². The van der Waals surface area contributed by atoms with E-state index < -0.39 is 0 Å². The van der Waals surface area contributed by atoms with E-state index in [9.17, 15) is 0 Å². The zero-order chi connectivity index (χ0) is 16.1. The highest BCUT2D eigenvalue weighted by molar-refractivity contribution is 5.91. The monoisotopic (exact) mass is 312 g/mol. The molecule has 1 N–H and O–H groups in total. The molecule has 0 spiro atoms. The van der Waals surface area contributed by atoms with Gasteiger partial charge in [0.25, 0.3) is 0 Å². The number of ether oxygens (including phenoxy) is 1. The van der Waals surface area contributed by atoms with Gasteiger partial charge in [-0.3, -0.25) is 4.90 Å². The summed E-state index contributed by atoms with van der Waals surface area (Å²) in [7, 11) is 3.79. The summed E-state index contributed by atoms with van der Waals surface area (Å²) >= 11 is 0. The Hall–Kier alpha value is -1.58. The first-order valence-electron chi connectivity index (χ1n) is 8.73. The Morgan fingerprint density at radius 3 is 2.52 bits per heavy atom. The van der Waals surface area contributed by atoms with E-state index in [2.05, 4.69) is 46.6 Å². The lowest BCUT2D eigenvalue weighted by molar-refractivity contribution is 0.173. The zero-order valence-corrected chi connectivity index (χ0v) is 14.3. The number of piperidine rings is 1. The molecule has 124 valence electrons. The van der Waals surface area contributed by atoms with Gasteiger partial charge in [-0.25, -0.2) is 0 Å². The number of benzene rings is 2. The number of rotatable bonds is 6. The second-order valence-electron chi connectivity index (χ2n) is 6.58. The molecule has 0 radical (unpaired) electrons. The van der Waals surface area contributed by atoms with Gasteiger partial charge in [0.15, 0.2) is 0 Å². The van der Waals surface area contributed by atoms with Crippen molar-refractivity contribution >= 4 is 10.8 Å². The maximum Gasteiger partial charge on any atom is 0.126 e. The van der Waals surface area contributed by atoms with E-state index in [0.29, 0.717) is 0 Å². The van der Waals surface area contributed by atoms with Crippen LogP contribution >= 0.6 is 0 Å². The largest absolute Gasteiger partial charge is 0.496 e. The van der Waals surface area contributed by atoms with E-state index in [4.69, 9.17) is 4.74 Å². The molecular weight excluding hydrogens is 284 g/mol. The second kappa shape index (κ2) is 7.80. The van der Waals surface area contributed by atoms with Crippen molar-refractivity contribution < 1.29 is 4.74 Å². The van der Waals surface area contributed by atoms with Gasteiger partial charge < -0.3 is 10.1 Å². The van der Waals surface area contributed by atoms with Crippen molar-refractivity contribution in [1.82, 2.24) is 10.2 Å². The van der Waals surface area contributed by atoms with Gasteiger partial charge in [-0.05, 0) is 68.9 Å². The zero-order valence-electron chi connectivity index (χ0n) is 14.3. The van der Waals surface area contributed by atoms with E-state index in [1.165, 1.54) is 48.7 Å². The van der Waals surface area contributed by atoms with Gasteiger partial charge in [-0.15, -0.1) is 0 Å². The molecule has 1 aliphatic rings. The van der Waals surface area contributed by atoms with Crippen LogP contribution in [0.5, 0.6) is 5.75 Å². The van der Waals surface area contributed by atoms with Crippen LogP contribution in [0.15, 0.2) is 36.4 Å². The van der Waals surface area contributed by atoms with Crippen molar-refractivity contribution in [1.29, 1.82) is 0 Å². The SMILES string of the molecule is CNCCC1CCN(Cc2ccc(OC)c3ccccc23)CC1. The fourth-order valence-corrected chi connectivity index (χ4v) is 3.67. The number of likely N-dealkylation sites (tertiary alicyclic amines) is 1.